The minimum absolute atomic E-state index is 0.0224. The Morgan fingerprint density at radius 3 is 2.41 bits per heavy atom. The average molecular weight is 815 g/mol. The first-order chi connectivity index (χ1) is 28.0. The number of carbonyl (C=O) groups excluding carboxylic acids is 3. The van der Waals surface area contributed by atoms with Gasteiger partial charge in [0.25, 0.3) is 0 Å². The molecule has 0 spiro atoms. The van der Waals surface area contributed by atoms with E-state index < -0.39 is 71.5 Å². The molecule has 1 aromatic carbocycles. The second kappa shape index (κ2) is 18.2. The standard InChI is InChI=1S/C46H62N4O9/c1-11-36-46(8)40-29(4)37(48-22-23-50(40)44(54)59-46)27(2)26-45(7,55-24-14-15-32-17-19-33(20-18-32)34-16-12-13-21-47-34)41(30(5)38(51)31(6)42(53)57-36)58-43-39(52)35(49(9)10)25-28(3)56-43/h12-13,16-21,27-31,35-36,39-41,43,52H,11,22-26H2,1-10H3/t27-,28-,29+,30+,31-,35+,36-,39-,40-,41-,43+,45+,46-/m1/s1. The Hall–Kier alpha value is -4.19. The van der Waals surface area contributed by atoms with Crippen LogP contribution in [0.25, 0.3) is 11.3 Å². The van der Waals surface area contributed by atoms with Gasteiger partial charge in [-0.05, 0) is 91.2 Å². The molecule has 0 aliphatic carbocycles. The number of aliphatic hydroxyl groups is 1. The number of Topliss-reactive ketones (excluding diaryl/α,β-unsaturated/α-hetero) is 1. The fourth-order valence-corrected chi connectivity index (χ4v) is 9.84. The molecule has 1 aromatic heterocycles. The van der Waals surface area contributed by atoms with Crippen molar-refractivity contribution in [2.75, 3.05) is 33.8 Å². The van der Waals surface area contributed by atoms with Crippen LogP contribution >= 0.6 is 0 Å². The fraction of sp³-hybridized carbons (Fsp3) is 0.630. The quantitative estimate of drug-likeness (QED) is 0.213. The number of aromatic nitrogens is 1. The van der Waals surface area contributed by atoms with E-state index in [0.717, 1.165) is 22.5 Å². The number of nitrogens with zero attached hydrogens (tertiary/aromatic N) is 4. The van der Waals surface area contributed by atoms with E-state index in [1.165, 1.54) is 6.92 Å². The van der Waals surface area contributed by atoms with E-state index >= 15 is 0 Å². The van der Waals surface area contributed by atoms with Crippen LogP contribution in [0.2, 0.25) is 0 Å². The van der Waals surface area contributed by atoms with E-state index in [4.69, 9.17) is 28.7 Å². The number of aliphatic hydroxyl groups excluding tert-OH is 1. The maximum atomic E-state index is 14.6. The minimum Gasteiger partial charge on any atom is -0.458 e. The molecule has 1 N–H and O–H groups in total. The number of hydrogen-bond donors (Lipinski definition) is 1. The smallest absolute Gasteiger partial charge is 0.410 e. The van der Waals surface area contributed by atoms with Crippen molar-refractivity contribution in [3.8, 4) is 23.1 Å². The molecule has 2 aromatic rings. The third-order valence-corrected chi connectivity index (χ3v) is 12.9. The van der Waals surface area contributed by atoms with E-state index in [1.54, 1.807) is 18.0 Å². The Bertz CT molecular complexity index is 1910. The van der Waals surface area contributed by atoms with Gasteiger partial charge in [0.15, 0.2) is 17.7 Å². The first-order valence-electron chi connectivity index (χ1n) is 21.1. The summed E-state index contributed by atoms with van der Waals surface area (Å²) in [6.07, 6.45) is -1.71. The number of rotatable bonds is 7. The van der Waals surface area contributed by atoms with E-state index in [-0.39, 0.29) is 30.6 Å². The molecule has 4 aliphatic heterocycles. The highest BCUT2D eigenvalue weighted by Crippen LogP contribution is 2.44. The highest BCUT2D eigenvalue weighted by molar-refractivity contribution is 6.00. The van der Waals surface area contributed by atoms with Gasteiger partial charge in [-0.25, -0.2) is 4.79 Å². The number of amides is 1. The van der Waals surface area contributed by atoms with Gasteiger partial charge in [-0.15, -0.1) is 0 Å². The number of fused-ring (bicyclic) bond motifs is 1. The van der Waals surface area contributed by atoms with Gasteiger partial charge < -0.3 is 33.7 Å². The van der Waals surface area contributed by atoms with Gasteiger partial charge in [0.1, 0.15) is 24.7 Å². The number of benzene rings is 1. The summed E-state index contributed by atoms with van der Waals surface area (Å²) in [5, 5.41) is 11.7. The second-order valence-electron chi connectivity index (χ2n) is 17.5. The highest BCUT2D eigenvalue weighted by Gasteiger charge is 2.60. The van der Waals surface area contributed by atoms with Crippen molar-refractivity contribution >= 4 is 23.6 Å². The van der Waals surface area contributed by atoms with Crippen molar-refractivity contribution < 1.29 is 43.2 Å². The topological polar surface area (TPSA) is 149 Å². The van der Waals surface area contributed by atoms with Gasteiger partial charge in [-0.3, -0.25) is 24.5 Å². The summed E-state index contributed by atoms with van der Waals surface area (Å²) in [5.74, 6) is 2.57. The first kappa shape index (κ1) is 44.4. The molecular weight excluding hydrogens is 753 g/mol. The molecule has 4 aliphatic rings. The number of ketones is 1. The van der Waals surface area contributed by atoms with Crippen molar-refractivity contribution in [3.63, 3.8) is 0 Å². The highest BCUT2D eigenvalue weighted by atomic mass is 16.7. The van der Waals surface area contributed by atoms with E-state index in [1.807, 2.05) is 96.1 Å². The number of likely N-dealkylation sites (N-methyl/N-ethyl adjacent to an activating group) is 1. The monoisotopic (exact) mass is 814 g/mol. The van der Waals surface area contributed by atoms with Crippen LogP contribution in [-0.2, 0) is 33.3 Å². The molecular formula is C46H62N4O9. The second-order valence-corrected chi connectivity index (χ2v) is 17.5. The lowest BCUT2D eigenvalue weighted by atomic mass is 9.73. The lowest BCUT2D eigenvalue weighted by molar-refractivity contribution is -0.296. The third kappa shape index (κ3) is 9.13. The zero-order valence-electron chi connectivity index (χ0n) is 36.2. The Morgan fingerprint density at radius 2 is 1.75 bits per heavy atom. The van der Waals surface area contributed by atoms with Crippen LogP contribution in [-0.4, -0.2) is 131 Å². The van der Waals surface area contributed by atoms with Crippen molar-refractivity contribution in [2.24, 2.45) is 28.7 Å². The van der Waals surface area contributed by atoms with Crippen LogP contribution < -0.4 is 0 Å². The molecule has 1 amide bonds. The molecule has 0 unspecified atom stereocenters. The van der Waals surface area contributed by atoms with Crippen molar-refractivity contribution in [1.29, 1.82) is 0 Å². The van der Waals surface area contributed by atoms with Gasteiger partial charge in [0.2, 0.25) is 0 Å². The number of carbonyl (C=O) groups is 3. The van der Waals surface area contributed by atoms with Crippen molar-refractivity contribution in [2.45, 2.75) is 129 Å². The minimum atomic E-state index is -1.25. The van der Waals surface area contributed by atoms with Crippen LogP contribution in [0.3, 0.4) is 0 Å². The van der Waals surface area contributed by atoms with E-state index in [0.29, 0.717) is 32.4 Å². The van der Waals surface area contributed by atoms with Crippen LogP contribution in [0.5, 0.6) is 0 Å². The average Bonchev–Trinajstić information content (AvgIpc) is 3.34. The molecule has 59 heavy (non-hydrogen) atoms. The lowest BCUT2D eigenvalue weighted by Gasteiger charge is -2.47. The normalized spacial score (nSPS) is 36.7. The summed E-state index contributed by atoms with van der Waals surface area (Å²) in [6.45, 7) is 15.6. The molecule has 320 valence electrons. The molecule has 0 saturated carbocycles. The summed E-state index contributed by atoms with van der Waals surface area (Å²) in [7, 11) is 3.80. The summed E-state index contributed by atoms with van der Waals surface area (Å²) in [4.78, 5) is 55.3. The number of esters is 1. The molecule has 3 fully saturated rings. The molecule has 13 heteroatoms. The summed E-state index contributed by atoms with van der Waals surface area (Å²) >= 11 is 0. The Balaban J connectivity index is 1.40. The summed E-state index contributed by atoms with van der Waals surface area (Å²) < 4.78 is 32.3. The van der Waals surface area contributed by atoms with E-state index in [9.17, 15) is 19.5 Å². The predicted molar refractivity (Wildman–Crippen MR) is 222 cm³/mol. The maximum absolute atomic E-state index is 14.6. The number of ether oxygens (including phenoxy) is 5. The molecule has 13 atom stereocenters. The maximum Gasteiger partial charge on any atom is 0.410 e. The number of cyclic esters (lactones) is 1. The molecule has 0 radical (unpaired) electrons. The molecule has 13 nitrogen and oxygen atoms in total. The molecule has 6 rings (SSSR count). The van der Waals surface area contributed by atoms with Crippen LogP contribution in [0.4, 0.5) is 4.79 Å². The number of pyridine rings is 1. The predicted octanol–water partition coefficient (Wildman–Crippen LogP) is 5.56. The summed E-state index contributed by atoms with van der Waals surface area (Å²) in [5.41, 5.74) is 1.04. The fourth-order valence-electron chi connectivity index (χ4n) is 9.84. The van der Waals surface area contributed by atoms with E-state index in [2.05, 4.69) is 23.7 Å². The van der Waals surface area contributed by atoms with Crippen molar-refractivity contribution in [3.05, 3.63) is 54.2 Å². The van der Waals surface area contributed by atoms with Gasteiger partial charge in [0.05, 0.1) is 36.1 Å². The number of hydrogen-bond acceptors (Lipinski definition) is 12. The van der Waals surface area contributed by atoms with Crippen molar-refractivity contribution in [1.82, 2.24) is 14.8 Å². The van der Waals surface area contributed by atoms with Gasteiger partial charge in [-0.2, -0.15) is 0 Å². The largest absolute Gasteiger partial charge is 0.458 e. The molecule has 5 heterocycles. The van der Waals surface area contributed by atoms with Gasteiger partial charge in [-0.1, -0.05) is 57.7 Å². The number of aliphatic imine (C=N–C) groups is 1. The Kier molecular flexibility index (Phi) is 13.7. The molecule has 2 bridgehead atoms. The Labute approximate surface area is 349 Å². The zero-order valence-corrected chi connectivity index (χ0v) is 36.2. The molecule has 3 saturated heterocycles. The Morgan fingerprint density at radius 1 is 1.02 bits per heavy atom. The van der Waals surface area contributed by atoms with Gasteiger partial charge in [0, 0.05) is 47.5 Å². The van der Waals surface area contributed by atoms with Gasteiger partial charge >= 0.3 is 12.1 Å². The van der Waals surface area contributed by atoms with Crippen LogP contribution in [0.15, 0.2) is 53.7 Å². The van der Waals surface area contributed by atoms with Crippen LogP contribution in [0.1, 0.15) is 80.2 Å². The summed E-state index contributed by atoms with van der Waals surface area (Å²) in [6, 6.07) is 12.8. The van der Waals surface area contributed by atoms with Crippen LogP contribution in [0, 0.1) is 35.5 Å². The zero-order chi connectivity index (χ0) is 42.8. The third-order valence-electron chi connectivity index (χ3n) is 12.9. The lowest BCUT2D eigenvalue weighted by Crippen LogP contribution is -2.60. The SMILES string of the molecule is CC[C@H]1OC(=O)[C@H](C)C(=O)[C@H](C)[C@@H](O[C@@H]2O[C@H](C)C[C@H](N(C)C)[C@H]2O)[C@@](C)(OCC#Cc2ccc(-c3ccccn3)cc2)C[C@@H](C)C2=NCCN3C(=O)O[C@@]1(C)[C@H]3[C@H]2C. The first-order valence-corrected chi connectivity index (χ1v) is 21.1.